The maximum Gasteiger partial charge on any atom is 0.216 e. The average Bonchev–Trinajstić information content (AvgIpc) is 3.17. The SMILES string of the molecule is CC(=O)NCC1CCN(Cc2csc(-c3ccsc3)n2)CC1. The summed E-state index contributed by atoms with van der Waals surface area (Å²) in [4.78, 5) is 18.2. The molecular formula is C16H21N3OS2. The van der Waals surface area contributed by atoms with Crippen molar-refractivity contribution in [2.45, 2.75) is 26.3 Å². The third kappa shape index (κ3) is 4.15. The molecule has 1 N–H and O–H groups in total. The van der Waals surface area contributed by atoms with Crippen LogP contribution in [0.2, 0.25) is 0 Å². The highest BCUT2D eigenvalue weighted by Gasteiger charge is 2.20. The van der Waals surface area contributed by atoms with E-state index in [1.807, 2.05) is 0 Å². The molecule has 4 nitrogen and oxygen atoms in total. The van der Waals surface area contributed by atoms with Crippen molar-refractivity contribution in [3.63, 3.8) is 0 Å². The number of thiophene rings is 1. The number of nitrogens with one attached hydrogen (secondary N) is 1. The highest BCUT2D eigenvalue weighted by Crippen LogP contribution is 2.26. The molecule has 0 atom stereocenters. The molecule has 1 aliphatic heterocycles. The lowest BCUT2D eigenvalue weighted by atomic mass is 9.97. The molecule has 0 aromatic carbocycles. The molecule has 6 heteroatoms. The van der Waals surface area contributed by atoms with Gasteiger partial charge in [-0.15, -0.1) is 11.3 Å². The van der Waals surface area contributed by atoms with Crippen LogP contribution in [0.15, 0.2) is 22.2 Å². The summed E-state index contributed by atoms with van der Waals surface area (Å²) in [6.07, 6.45) is 2.31. The topological polar surface area (TPSA) is 45.2 Å². The molecule has 3 rings (SSSR count). The molecule has 1 saturated heterocycles. The van der Waals surface area contributed by atoms with Gasteiger partial charge in [0.15, 0.2) is 0 Å². The van der Waals surface area contributed by atoms with Crippen LogP contribution in [-0.4, -0.2) is 35.4 Å². The number of amides is 1. The predicted octanol–water partition coefficient (Wildman–Crippen LogP) is 3.22. The van der Waals surface area contributed by atoms with E-state index < -0.39 is 0 Å². The van der Waals surface area contributed by atoms with Gasteiger partial charge in [0.2, 0.25) is 5.91 Å². The van der Waals surface area contributed by atoms with E-state index in [2.05, 4.69) is 32.4 Å². The first-order valence-electron chi connectivity index (χ1n) is 7.64. The molecule has 0 unspecified atom stereocenters. The van der Waals surface area contributed by atoms with E-state index in [0.29, 0.717) is 5.92 Å². The third-order valence-corrected chi connectivity index (χ3v) is 5.68. The molecule has 1 aliphatic rings. The summed E-state index contributed by atoms with van der Waals surface area (Å²) in [5.41, 5.74) is 2.40. The minimum absolute atomic E-state index is 0.0749. The van der Waals surface area contributed by atoms with Gasteiger partial charge in [0, 0.05) is 36.3 Å². The Kier molecular flexibility index (Phi) is 5.23. The predicted molar refractivity (Wildman–Crippen MR) is 92.1 cm³/mol. The second-order valence-electron chi connectivity index (χ2n) is 5.81. The summed E-state index contributed by atoms with van der Waals surface area (Å²) in [6, 6.07) is 2.13. The standard InChI is InChI=1S/C16H21N3OS2/c1-12(20)17-8-13-2-5-19(6-3-13)9-15-11-22-16(18-15)14-4-7-21-10-14/h4,7,10-11,13H,2-3,5-6,8-9H2,1H3,(H,17,20). The van der Waals surface area contributed by atoms with Crippen LogP contribution in [0.4, 0.5) is 0 Å². The Morgan fingerprint density at radius 3 is 2.91 bits per heavy atom. The Bertz CT molecular complexity index is 601. The fourth-order valence-electron chi connectivity index (χ4n) is 2.76. The van der Waals surface area contributed by atoms with Crippen molar-refractivity contribution in [3.8, 4) is 10.6 Å². The average molecular weight is 335 g/mol. The molecule has 0 aliphatic carbocycles. The quantitative estimate of drug-likeness (QED) is 0.912. The van der Waals surface area contributed by atoms with E-state index in [1.54, 1.807) is 29.6 Å². The van der Waals surface area contributed by atoms with Crippen molar-refractivity contribution in [3.05, 3.63) is 27.9 Å². The van der Waals surface area contributed by atoms with Crippen molar-refractivity contribution in [1.82, 2.24) is 15.2 Å². The molecule has 0 radical (unpaired) electrons. The smallest absolute Gasteiger partial charge is 0.216 e. The van der Waals surface area contributed by atoms with Gasteiger partial charge >= 0.3 is 0 Å². The lowest BCUT2D eigenvalue weighted by molar-refractivity contribution is -0.119. The largest absolute Gasteiger partial charge is 0.356 e. The summed E-state index contributed by atoms with van der Waals surface area (Å²) < 4.78 is 0. The fraction of sp³-hybridized carbons (Fsp3) is 0.500. The van der Waals surface area contributed by atoms with Crippen LogP contribution in [0.5, 0.6) is 0 Å². The molecule has 1 fully saturated rings. The Balaban J connectivity index is 1.48. The minimum Gasteiger partial charge on any atom is -0.356 e. The molecule has 0 bridgehead atoms. The van der Waals surface area contributed by atoms with E-state index in [9.17, 15) is 4.79 Å². The van der Waals surface area contributed by atoms with E-state index in [4.69, 9.17) is 4.98 Å². The zero-order chi connectivity index (χ0) is 15.4. The highest BCUT2D eigenvalue weighted by atomic mass is 32.1. The summed E-state index contributed by atoms with van der Waals surface area (Å²) in [7, 11) is 0. The number of hydrogen-bond acceptors (Lipinski definition) is 5. The van der Waals surface area contributed by atoms with Gasteiger partial charge in [-0.05, 0) is 43.3 Å². The summed E-state index contributed by atoms with van der Waals surface area (Å²) in [5, 5.41) is 10.5. The number of thiazole rings is 1. The lowest BCUT2D eigenvalue weighted by Crippen LogP contribution is -2.37. The first-order valence-corrected chi connectivity index (χ1v) is 9.46. The molecule has 1 amide bonds. The Morgan fingerprint density at radius 2 is 2.23 bits per heavy atom. The van der Waals surface area contributed by atoms with E-state index >= 15 is 0 Å². The second kappa shape index (κ2) is 7.35. The normalized spacial score (nSPS) is 16.8. The number of piperidine rings is 1. The highest BCUT2D eigenvalue weighted by molar-refractivity contribution is 7.14. The molecule has 118 valence electrons. The molecule has 0 saturated carbocycles. The number of carbonyl (C=O) groups excluding carboxylic acids is 1. The summed E-state index contributed by atoms with van der Waals surface area (Å²) in [6.45, 7) is 5.53. The maximum absolute atomic E-state index is 11.0. The van der Waals surface area contributed by atoms with Crippen LogP contribution in [0, 0.1) is 5.92 Å². The second-order valence-corrected chi connectivity index (χ2v) is 7.45. The monoisotopic (exact) mass is 335 g/mol. The van der Waals surface area contributed by atoms with Crippen LogP contribution < -0.4 is 5.32 Å². The number of nitrogens with zero attached hydrogens (tertiary/aromatic N) is 2. The Hall–Kier alpha value is -1.24. The van der Waals surface area contributed by atoms with Crippen LogP contribution in [-0.2, 0) is 11.3 Å². The molecule has 2 aromatic heterocycles. The van der Waals surface area contributed by atoms with Gasteiger partial charge in [-0.3, -0.25) is 9.69 Å². The van der Waals surface area contributed by atoms with Crippen LogP contribution in [0.3, 0.4) is 0 Å². The third-order valence-electron chi connectivity index (χ3n) is 4.05. The van der Waals surface area contributed by atoms with Gasteiger partial charge in [-0.1, -0.05) is 0 Å². The number of aromatic nitrogens is 1. The molecule has 3 heterocycles. The molecule has 22 heavy (non-hydrogen) atoms. The fourth-order valence-corrected chi connectivity index (χ4v) is 4.29. The number of carbonyl (C=O) groups is 1. The zero-order valence-corrected chi connectivity index (χ0v) is 14.4. The first-order chi connectivity index (χ1) is 10.7. The van der Waals surface area contributed by atoms with Crippen molar-refractivity contribution in [1.29, 1.82) is 0 Å². The molecular weight excluding hydrogens is 314 g/mol. The number of hydrogen-bond donors (Lipinski definition) is 1. The summed E-state index contributed by atoms with van der Waals surface area (Å²) in [5.74, 6) is 0.697. The van der Waals surface area contributed by atoms with Gasteiger partial charge in [0.1, 0.15) is 5.01 Å². The molecule has 2 aromatic rings. The number of likely N-dealkylation sites (tertiary alicyclic amines) is 1. The molecule has 0 spiro atoms. The maximum atomic E-state index is 11.0. The van der Waals surface area contributed by atoms with E-state index in [0.717, 1.165) is 44.0 Å². The van der Waals surface area contributed by atoms with Gasteiger partial charge < -0.3 is 5.32 Å². The van der Waals surface area contributed by atoms with Gasteiger partial charge in [0.05, 0.1) is 5.69 Å². The van der Waals surface area contributed by atoms with Crippen LogP contribution >= 0.6 is 22.7 Å². The summed E-state index contributed by atoms with van der Waals surface area (Å²) >= 11 is 3.44. The van der Waals surface area contributed by atoms with Crippen molar-refractivity contribution in [2.24, 2.45) is 5.92 Å². The first kappa shape index (κ1) is 15.6. The van der Waals surface area contributed by atoms with Crippen LogP contribution in [0.1, 0.15) is 25.5 Å². The van der Waals surface area contributed by atoms with Gasteiger partial charge in [-0.25, -0.2) is 4.98 Å². The van der Waals surface area contributed by atoms with E-state index in [-0.39, 0.29) is 5.91 Å². The van der Waals surface area contributed by atoms with Crippen molar-refractivity contribution >= 4 is 28.6 Å². The van der Waals surface area contributed by atoms with Gasteiger partial charge in [-0.2, -0.15) is 11.3 Å². The minimum atomic E-state index is 0.0749. The van der Waals surface area contributed by atoms with Crippen molar-refractivity contribution < 1.29 is 4.79 Å². The van der Waals surface area contributed by atoms with Crippen LogP contribution in [0.25, 0.3) is 10.6 Å². The van der Waals surface area contributed by atoms with Crippen molar-refractivity contribution in [2.75, 3.05) is 19.6 Å². The Labute approximate surface area is 139 Å². The number of rotatable bonds is 5. The Morgan fingerprint density at radius 1 is 1.41 bits per heavy atom. The zero-order valence-electron chi connectivity index (χ0n) is 12.7. The van der Waals surface area contributed by atoms with E-state index in [1.165, 1.54) is 11.3 Å². The van der Waals surface area contributed by atoms with Gasteiger partial charge in [0.25, 0.3) is 0 Å². The lowest BCUT2D eigenvalue weighted by Gasteiger charge is -2.31.